The molecule has 0 spiro atoms. The Kier molecular flexibility index (Phi) is 2.77. The molecule has 0 radical (unpaired) electrons. The lowest BCUT2D eigenvalue weighted by molar-refractivity contribution is 0.253. The molecule has 7 heteroatoms. The zero-order chi connectivity index (χ0) is 8.81. The molecule has 12 heavy (non-hydrogen) atoms. The van der Waals surface area contributed by atoms with Gasteiger partial charge in [-0.05, 0) is 10.4 Å². The first-order chi connectivity index (χ1) is 5.83. The van der Waals surface area contributed by atoms with Crippen LogP contribution in [0.15, 0.2) is 12.7 Å². The van der Waals surface area contributed by atoms with E-state index in [9.17, 15) is 4.79 Å². The third-order valence-electron chi connectivity index (χ3n) is 0.984. The molecule has 0 aliphatic rings. The molecule has 0 atom stereocenters. The molecule has 1 rings (SSSR count). The van der Waals surface area contributed by atoms with E-state index in [0.717, 1.165) is 0 Å². The maximum Gasteiger partial charge on any atom is 0.321 e. The standard InChI is InChI=1S/C5H8N6O/c1-2-3-6-5(12)7-4-8-10-11-9-4/h2H,1,3H2,(H3,6,7,8,9,10,11,12). The highest BCUT2D eigenvalue weighted by atomic mass is 16.2. The van der Waals surface area contributed by atoms with Crippen molar-refractivity contribution in [3.63, 3.8) is 0 Å². The fourth-order valence-corrected chi connectivity index (χ4v) is 0.529. The molecule has 0 saturated heterocycles. The number of tetrazole rings is 1. The number of aromatic amines is 1. The quantitative estimate of drug-likeness (QED) is 0.530. The van der Waals surface area contributed by atoms with Crippen molar-refractivity contribution in [2.45, 2.75) is 0 Å². The van der Waals surface area contributed by atoms with Crippen LogP contribution in [0.4, 0.5) is 10.7 Å². The van der Waals surface area contributed by atoms with Gasteiger partial charge in [0.2, 0.25) is 5.95 Å². The molecule has 7 nitrogen and oxygen atoms in total. The predicted octanol–water partition coefficient (Wildman–Crippen LogP) is -0.493. The Morgan fingerprint density at radius 1 is 1.75 bits per heavy atom. The molecule has 2 amide bonds. The molecule has 64 valence electrons. The minimum absolute atomic E-state index is 0.205. The largest absolute Gasteiger partial charge is 0.334 e. The third-order valence-corrected chi connectivity index (χ3v) is 0.984. The average molecular weight is 168 g/mol. The molecule has 1 aromatic heterocycles. The van der Waals surface area contributed by atoms with E-state index in [-0.39, 0.29) is 12.0 Å². The van der Waals surface area contributed by atoms with Gasteiger partial charge in [-0.1, -0.05) is 11.2 Å². The Hall–Kier alpha value is -1.92. The summed E-state index contributed by atoms with van der Waals surface area (Å²) in [4.78, 5) is 10.9. The van der Waals surface area contributed by atoms with E-state index < -0.39 is 0 Å². The van der Waals surface area contributed by atoms with Crippen LogP contribution in [0.2, 0.25) is 0 Å². The minimum Gasteiger partial charge on any atom is -0.334 e. The van der Waals surface area contributed by atoms with E-state index in [1.165, 1.54) is 0 Å². The first-order valence-corrected chi connectivity index (χ1v) is 3.22. The summed E-state index contributed by atoms with van der Waals surface area (Å²) in [5.74, 6) is 0.205. The molecule has 1 heterocycles. The van der Waals surface area contributed by atoms with E-state index >= 15 is 0 Å². The van der Waals surface area contributed by atoms with E-state index in [0.29, 0.717) is 6.54 Å². The average Bonchev–Trinajstić information content (AvgIpc) is 2.53. The Bertz CT molecular complexity index is 255. The normalized spacial score (nSPS) is 9.00. The van der Waals surface area contributed by atoms with Crippen LogP contribution in [0.1, 0.15) is 0 Å². The molecule has 0 saturated carbocycles. The lowest BCUT2D eigenvalue weighted by atomic mass is 10.6. The van der Waals surface area contributed by atoms with Crippen LogP contribution in [0.25, 0.3) is 0 Å². The highest BCUT2D eigenvalue weighted by molar-refractivity contribution is 5.87. The van der Waals surface area contributed by atoms with Gasteiger partial charge in [0.15, 0.2) is 0 Å². The van der Waals surface area contributed by atoms with Crippen LogP contribution < -0.4 is 10.6 Å². The van der Waals surface area contributed by atoms with Gasteiger partial charge in [0.25, 0.3) is 0 Å². The van der Waals surface area contributed by atoms with Crippen LogP contribution in [0, 0.1) is 0 Å². The van der Waals surface area contributed by atoms with Crippen molar-refractivity contribution in [2.75, 3.05) is 11.9 Å². The zero-order valence-corrected chi connectivity index (χ0v) is 6.24. The van der Waals surface area contributed by atoms with Crippen molar-refractivity contribution in [3.8, 4) is 0 Å². The van der Waals surface area contributed by atoms with Crippen LogP contribution in [-0.4, -0.2) is 33.2 Å². The molecular formula is C5H8N6O. The summed E-state index contributed by atoms with van der Waals surface area (Å²) in [7, 11) is 0. The van der Waals surface area contributed by atoms with Gasteiger partial charge in [-0.25, -0.2) is 9.89 Å². The number of carbonyl (C=O) groups is 1. The second kappa shape index (κ2) is 4.06. The van der Waals surface area contributed by atoms with Crippen LogP contribution >= 0.6 is 0 Å². The van der Waals surface area contributed by atoms with E-state index in [4.69, 9.17) is 0 Å². The number of amides is 2. The summed E-state index contributed by atoms with van der Waals surface area (Å²) >= 11 is 0. The predicted molar refractivity (Wildman–Crippen MR) is 41.4 cm³/mol. The molecule has 0 fully saturated rings. The van der Waals surface area contributed by atoms with Gasteiger partial charge < -0.3 is 5.32 Å². The molecule has 1 aromatic rings. The Labute approximate surface area is 68.2 Å². The topological polar surface area (TPSA) is 95.6 Å². The summed E-state index contributed by atoms with van der Waals surface area (Å²) in [6, 6.07) is -0.381. The van der Waals surface area contributed by atoms with Gasteiger partial charge in [0.1, 0.15) is 0 Å². The first kappa shape index (κ1) is 8.18. The molecule has 0 unspecified atom stereocenters. The van der Waals surface area contributed by atoms with Crippen LogP contribution in [0.5, 0.6) is 0 Å². The van der Waals surface area contributed by atoms with E-state index in [2.05, 4.69) is 37.8 Å². The Balaban J connectivity index is 2.32. The van der Waals surface area contributed by atoms with Gasteiger partial charge in [-0.2, -0.15) is 0 Å². The summed E-state index contributed by atoms with van der Waals surface area (Å²) < 4.78 is 0. The molecular weight excluding hydrogens is 160 g/mol. The van der Waals surface area contributed by atoms with Gasteiger partial charge in [0, 0.05) is 6.54 Å². The number of anilines is 1. The number of hydrogen-bond donors (Lipinski definition) is 3. The Morgan fingerprint density at radius 3 is 3.17 bits per heavy atom. The lowest BCUT2D eigenvalue weighted by Gasteiger charge is -1.99. The molecule has 3 N–H and O–H groups in total. The first-order valence-electron chi connectivity index (χ1n) is 3.22. The molecule has 0 aliphatic carbocycles. The van der Waals surface area contributed by atoms with E-state index in [1.807, 2.05) is 0 Å². The fraction of sp³-hybridized carbons (Fsp3) is 0.200. The summed E-state index contributed by atoms with van der Waals surface area (Å²) in [5.41, 5.74) is 0. The second-order valence-corrected chi connectivity index (χ2v) is 1.87. The van der Waals surface area contributed by atoms with Gasteiger partial charge in [0.05, 0.1) is 0 Å². The fourth-order valence-electron chi connectivity index (χ4n) is 0.529. The molecule has 0 bridgehead atoms. The molecule has 0 aliphatic heterocycles. The Morgan fingerprint density at radius 2 is 2.58 bits per heavy atom. The number of nitrogens with one attached hydrogen (secondary N) is 3. The zero-order valence-electron chi connectivity index (χ0n) is 6.24. The smallest absolute Gasteiger partial charge is 0.321 e. The molecule has 0 aromatic carbocycles. The highest BCUT2D eigenvalue weighted by Crippen LogP contribution is 1.88. The van der Waals surface area contributed by atoms with Crippen molar-refractivity contribution in [1.29, 1.82) is 0 Å². The second-order valence-electron chi connectivity index (χ2n) is 1.87. The number of hydrogen-bond acceptors (Lipinski definition) is 4. The van der Waals surface area contributed by atoms with E-state index in [1.54, 1.807) is 6.08 Å². The maximum atomic E-state index is 10.9. The summed E-state index contributed by atoms with van der Waals surface area (Å²) in [6.45, 7) is 3.84. The van der Waals surface area contributed by atoms with Crippen LogP contribution in [0.3, 0.4) is 0 Å². The third kappa shape index (κ3) is 2.37. The van der Waals surface area contributed by atoms with Crippen molar-refractivity contribution in [2.24, 2.45) is 0 Å². The number of H-pyrrole nitrogens is 1. The van der Waals surface area contributed by atoms with Crippen molar-refractivity contribution in [3.05, 3.63) is 12.7 Å². The minimum atomic E-state index is -0.381. The van der Waals surface area contributed by atoms with Crippen molar-refractivity contribution in [1.82, 2.24) is 25.9 Å². The maximum absolute atomic E-state index is 10.9. The number of aromatic nitrogens is 4. The highest BCUT2D eigenvalue weighted by Gasteiger charge is 2.01. The number of rotatable bonds is 3. The summed E-state index contributed by atoms with van der Waals surface area (Å²) in [6.07, 6.45) is 1.57. The van der Waals surface area contributed by atoms with Gasteiger partial charge in [-0.3, -0.25) is 5.32 Å². The summed E-state index contributed by atoms with van der Waals surface area (Å²) in [5, 5.41) is 17.2. The number of carbonyl (C=O) groups excluding carboxylic acids is 1. The lowest BCUT2D eigenvalue weighted by Crippen LogP contribution is -2.29. The van der Waals surface area contributed by atoms with Crippen LogP contribution in [-0.2, 0) is 0 Å². The van der Waals surface area contributed by atoms with Crippen molar-refractivity contribution < 1.29 is 4.79 Å². The number of nitrogens with zero attached hydrogens (tertiary/aromatic N) is 3. The monoisotopic (exact) mass is 168 g/mol. The number of urea groups is 1. The van der Waals surface area contributed by atoms with Crippen molar-refractivity contribution >= 4 is 12.0 Å². The van der Waals surface area contributed by atoms with Gasteiger partial charge in [-0.15, -0.1) is 6.58 Å². The van der Waals surface area contributed by atoms with Gasteiger partial charge >= 0.3 is 6.03 Å². The SMILES string of the molecule is C=CCNC(=O)Nc1nnn[nH]1.